The lowest BCUT2D eigenvalue weighted by atomic mass is 10.2. The maximum atomic E-state index is 12.9. The van der Waals surface area contributed by atoms with E-state index in [4.69, 9.17) is 0 Å². The molecule has 2 rings (SSSR count). The fourth-order valence-electron chi connectivity index (χ4n) is 2.76. The molecule has 0 saturated heterocycles. The molecule has 0 radical (unpaired) electrons. The molecule has 1 heterocycles. The van der Waals surface area contributed by atoms with Crippen LogP contribution in [0, 0.1) is 0 Å². The highest BCUT2D eigenvalue weighted by Gasteiger charge is 2.25. The Balaban J connectivity index is 2.09. The van der Waals surface area contributed by atoms with Crippen LogP contribution in [0.25, 0.3) is 0 Å². The number of benzene rings is 1. The van der Waals surface area contributed by atoms with Gasteiger partial charge in [-0.25, -0.2) is 0 Å². The van der Waals surface area contributed by atoms with E-state index >= 15 is 0 Å². The Morgan fingerprint density at radius 1 is 1.29 bits per heavy atom. The summed E-state index contributed by atoms with van der Waals surface area (Å²) >= 11 is 1.82. The van der Waals surface area contributed by atoms with Crippen molar-refractivity contribution in [2.45, 2.75) is 37.3 Å². The highest BCUT2D eigenvalue weighted by Crippen LogP contribution is 2.37. The molecule has 1 unspecified atom stereocenters. The van der Waals surface area contributed by atoms with Gasteiger partial charge in [-0.1, -0.05) is 26.0 Å². The minimum atomic E-state index is -0.0346. The van der Waals surface area contributed by atoms with Gasteiger partial charge in [-0.15, -0.1) is 11.8 Å². The van der Waals surface area contributed by atoms with E-state index < -0.39 is 0 Å². The molecule has 1 aliphatic heterocycles. The Bertz CT molecular complexity index is 579. The molecule has 1 N–H and O–H groups in total. The van der Waals surface area contributed by atoms with Crippen LogP contribution in [0.2, 0.25) is 0 Å². The molecule has 0 aromatic heterocycles. The number of amides is 2. The summed E-state index contributed by atoms with van der Waals surface area (Å²) in [6.07, 6.45) is 0.966. The first-order valence-electron chi connectivity index (χ1n) is 8.60. The molecule has 132 valence electrons. The molecule has 1 aromatic carbocycles. The van der Waals surface area contributed by atoms with Crippen LogP contribution in [-0.2, 0) is 9.59 Å². The lowest BCUT2D eigenvalue weighted by Gasteiger charge is -2.26. The number of thioether (sulfide) groups is 1. The van der Waals surface area contributed by atoms with Crippen molar-refractivity contribution < 1.29 is 9.59 Å². The molecule has 1 aromatic rings. The summed E-state index contributed by atoms with van der Waals surface area (Å²) in [5.74, 6) is 0.0240. The normalized spacial score (nSPS) is 17.3. The summed E-state index contributed by atoms with van der Waals surface area (Å²) in [6, 6.07) is 8.08. The van der Waals surface area contributed by atoms with E-state index in [1.54, 1.807) is 0 Å². The van der Waals surface area contributed by atoms with E-state index in [-0.39, 0.29) is 24.9 Å². The average molecular weight is 350 g/mol. The third-order valence-electron chi connectivity index (χ3n) is 4.09. The van der Waals surface area contributed by atoms with Gasteiger partial charge >= 0.3 is 0 Å². The fourth-order valence-corrected chi connectivity index (χ4v) is 3.87. The van der Waals surface area contributed by atoms with E-state index in [0.29, 0.717) is 18.3 Å². The molecular formula is C18H27N3O2S. The van der Waals surface area contributed by atoms with Crippen LogP contribution in [0.5, 0.6) is 0 Å². The second-order valence-electron chi connectivity index (χ2n) is 5.99. The van der Waals surface area contributed by atoms with Crippen LogP contribution in [-0.4, -0.2) is 54.7 Å². The van der Waals surface area contributed by atoms with Crippen LogP contribution in [0.1, 0.15) is 27.2 Å². The molecule has 1 aliphatic rings. The van der Waals surface area contributed by atoms with E-state index in [2.05, 4.69) is 18.3 Å². The van der Waals surface area contributed by atoms with Gasteiger partial charge in [0.1, 0.15) is 0 Å². The number of anilines is 1. The van der Waals surface area contributed by atoms with Crippen LogP contribution >= 0.6 is 11.8 Å². The number of carbonyl (C=O) groups is 2. The summed E-state index contributed by atoms with van der Waals surface area (Å²) in [5.41, 5.74) is 0.992. The van der Waals surface area contributed by atoms with Gasteiger partial charge in [0.2, 0.25) is 11.8 Å². The van der Waals surface area contributed by atoms with E-state index in [9.17, 15) is 9.59 Å². The number of para-hydroxylation sites is 1. The van der Waals surface area contributed by atoms with Crippen molar-refractivity contribution in [3.63, 3.8) is 0 Å². The summed E-state index contributed by atoms with van der Waals surface area (Å²) in [7, 11) is 0. The van der Waals surface area contributed by atoms with Crippen molar-refractivity contribution in [1.82, 2.24) is 10.2 Å². The molecule has 24 heavy (non-hydrogen) atoms. The molecule has 0 aliphatic carbocycles. The largest absolute Gasteiger partial charge is 0.355 e. The van der Waals surface area contributed by atoms with Crippen LogP contribution in [0.3, 0.4) is 0 Å². The minimum absolute atomic E-state index is 0.0346. The number of nitrogens with zero attached hydrogens (tertiary/aromatic N) is 2. The summed E-state index contributed by atoms with van der Waals surface area (Å²) < 4.78 is 0. The lowest BCUT2D eigenvalue weighted by molar-refractivity contribution is -0.123. The summed E-state index contributed by atoms with van der Waals surface area (Å²) in [5, 5.41) is 3.27. The van der Waals surface area contributed by atoms with Gasteiger partial charge in [0.15, 0.2) is 0 Å². The van der Waals surface area contributed by atoms with Crippen molar-refractivity contribution in [2.24, 2.45) is 0 Å². The van der Waals surface area contributed by atoms with Crippen molar-refractivity contribution in [3.8, 4) is 0 Å². The first kappa shape index (κ1) is 18.8. The molecule has 5 nitrogen and oxygen atoms in total. The van der Waals surface area contributed by atoms with Gasteiger partial charge in [-0.05, 0) is 32.0 Å². The highest BCUT2D eigenvalue weighted by molar-refractivity contribution is 8.00. The molecule has 0 spiro atoms. The van der Waals surface area contributed by atoms with Crippen LogP contribution in [0.15, 0.2) is 29.2 Å². The van der Waals surface area contributed by atoms with Crippen LogP contribution < -0.4 is 10.2 Å². The van der Waals surface area contributed by atoms with Crippen molar-refractivity contribution in [2.75, 3.05) is 37.6 Å². The second-order valence-corrected chi connectivity index (χ2v) is 7.47. The topological polar surface area (TPSA) is 52.7 Å². The van der Waals surface area contributed by atoms with E-state index in [1.807, 2.05) is 53.6 Å². The average Bonchev–Trinajstić information content (AvgIpc) is 2.72. The first-order valence-corrected chi connectivity index (χ1v) is 9.48. The Morgan fingerprint density at radius 2 is 2.04 bits per heavy atom. The fraction of sp³-hybridized carbons (Fsp3) is 0.556. The van der Waals surface area contributed by atoms with Gasteiger partial charge in [0.25, 0.3) is 0 Å². The van der Waals surface area contributed by atoms with Crippen molar-refractivity contribution in [1.29, 1.82) is 0 Å². The summed E-state index contributed by atoms with van der Waals surface area (Å²) in [6.45, 7) is 8.60. The number of nitrogens with one attached hydrogen (secondary N) is 1. The predicted molar refractivity (Wildman–Crippen MR) is 99.5 cm³/mol. The minimum Gasteiger partial charge on any atom is -0.355 e. The Kier molecular flexibility index (Phi) is 7.12. The highest BCUT2D eigenvalue weighted by atomic mass is 32.2. The van der Waals surface area contributed by atoms with Crippen LogP contribution in [0.4, 0.5) is 5.69 Å². The molecule has 2 amide bonds. The number of rotatable bonds is 6. The number of hydrogen-bond acceptors (Lipinski definition) is 4. The maximum absolute atomic E-state index is 12.9. The number of carbonyl (C=O) groups excluding carboxylic acids is 2. The van der Waals surface area contributed by atoms with Gasteiger partial charge in [-0.3, -0.25) is 14.5 Å². The molecule has 0 fully saturated rings. The standard InChI is InChI=1S/C18H27N3O2S/c1-4-19-17(22)12-20(5-2)13-18(23)21-11-10-14(3)24-16-9-7-6-8-15(16)21/h6-9,14H,4-5,10-13H2,1-3H3,(H,19,22). The maximum Gasteiger partial charge on any atom is 0.241 e. The second kappa shape index (κ2) is 9.08. The zero-order chi connectivity index (χ0) is 17.5. The monoisotopic (exact) mass is 349 g/mol. The quantitative estimate of drug-likeness (QED) is 0.857. The zero-order valence-corrected chi connectivity index (χ0v) is 15.6. The van der Waals surface area contributed by atoms with Gasteiger partial charge in [-0.2, -0.15) is 0 Å². The van der Waals surface area contributed by atoms with E-state index in [0.717, 1.165) is 23.5 Å². The van der Waals surface area contributed by atoms with Crippen molar-refractivity contribution >= 4 is 29.3 Å². The summed E-state index contributed by atoms with van der Waals surface area (Å²) in [4.78, 5) is 29.6. The lowest BCUT2D eigenvalue weighted by Crippen LogP contribution is -2.44. The SMILES string of the molecule is CCNC(=O)CN(CC)CC(=O)N1CCC(C)Sc2ccccc21. The van der Waals surface area contributed by atoms with Gasteiger partial charge in [0, 0.05) is 23.2 Å². The zero-order valence-electron chi connectivity index (χ0n) is 14.7. The predicted octanol–water partition coefficient (Wildman–Crippen LogP) is 2.36. The Hall–Kier alpha value is -1.53. The number of hydrogen-bond donors (Lipinski definition) is 1. The molecular weight excluding hydrogens is 322 g/mol. The molecule has 6 heteroatoms. The molecule has 0 bridgehead atoms. The Morgan fingerprint density at radius 3 is 2.75 bits per heavy atom. The first-order chi connectivity index (χ1) is 11.5. The Labute approximate surface area is 148 Å². The molecule has 1 atom stereocenters. The smallest absolute Gasteiger partial charge is 0.241 e. The molecule has 0 saturated carbocycles. The van der Waals surface area contributed by atoms with Gasteiger partial charge < -0.3 is 10.2 Å². The third-order valence-corrected chi connectivity index (χ3v) is 5.33. The van der Waals surface area contributed by atoms with Gasteiger partial charge in [0.05, 0.1) is 18.8 Å². The third kappa shape index (κ3) is 4.98. The van der Waals surface area contributed by atoms with Crippen molar-refractivity contribution in [3.05, 3.63) is 24.3 Å². The van der Waals surface area contributed by atoms with E-state index in [1.165, 1.54) is 0 Å². The number of likely N-dealkylation sites (N-methyl/N-ethyl adjacent to an activating group) is 2. The number of fused-ring (bicyclic) bond motifs is 1.